The van der Waals surface area contributed by atoms with Gasteiger partial charge in [-0.2, -0.15) is 5.10 Å². The van der Waals surface area contributed by atoms with Crippen molar-refractivity contribution in [3.05, 3.63) is 40.7 Å². The molecule has 1 aliphatic carbocycles. The topological polar surface area (TPSA) is 29.9 Å². The Morgan fingerprint density at radius 2 is 2.16 bits per heavy atom. The van der Waals surface area contributed by atoms with Crippen molar-refractivity contribution in [2.24, 2.45) is 7.05 Å². The minimum Gasteiger partial charge on any atom is -0.310 e. The highest BCUT2D eigenvalue weighted by atomic mass is 35.5. The number of nitrogens with one attached hydrogen (secondary N) is 1. The highest BCUT2D eigenvalue weighted by Gasteiger charge is 2.21. The van der Waals surface area contributed by atoms with Crippen LogP contribution in [0, 0.1) is 6.92 Å². The van der Waals surface area contributed by atoms with Crippen LogP contribution in [0.4, 0.5) is 0 Å². The Kier molecular flexibility index (Phi) is 3.33. The number of hydrogen-bond donors (Lipinski definition) is 1. The van der Waals surface area contributed by atoms with Gasteiger partial charge in [-0.15, -0.1) is 0 Å². The molecular formula is C15H18ClN3. The summed E-state index contributed by atoms with van der Waals surface area (Å²) >= 11 is 6.13. The second kappa shape index (κ2) is 4.99. The van der Waals surface area contributed by atoms with Crippen molar-refractivity contribution in [2.45, 2.75) is 32.4 Å². The second-order valence-electron chi connectivity index (χ2n) is 5.22. The van der Waals surface area contributed by atoms with E-state index >= 15 is 0 Å². The average Bonchev–Trinajstić information content (AvgIpc) is 3.16. The van der Waals surface area contributed by atoms with Gasteiger partial charge in [0.25, 0.3) is 0 Å². The molecule has 1 aromatic carbocycles. The average molecular weight is 276 g/mol. The number of hydrogen-bond acceptors (Lipinski definition) is 2. The number of benzene rings is 1. The van der Waals surface area contributed by atoms with Gasteiger partial charge >= 0.3 is 0 Å². The van der Waals surface area contributed by atoms with Crippen LogP contribution in [-0.2, 0) is 13.6 Å². The SMILES string of the molecule is Cc1c(-c2ccc(Cl)cc2CNC2CC2)cnn1C. The van der Waals surface area contributed by atoms with Crippen molar-refractivity contribution in [3.8, 4) is 11.1 Å². The minimum absolute atomic E-state index is 0.696. The van der Waals surface area contributed by atoms with Crippen LogP contribution in [0.25, 0.3) is 11.1 Å². The molecule has 0 spiro atoms. The third kappa shape index (κ3) is 2.67. The Bertz CT molecular complexity index is 599. The van der Waals surface area contributed by atoms with Crippen LogP contribution in [-0.4, -0.2) is 15.8 Å². The maximum absolute atomic E-state index is 6.13. The summed E-state index contributed by atoms with van der Waals surface area (Å²) in [6, 6.07) is 6.79. The predicted octanol–water partition coefficient (Wildman–Crippen LogP) is 3.30. The van der Waals surface area contributed by atoms with Gasteiger partial charge in [0.05, 0.1) is 6.20 Å². The van der Waals surface area contributed by atoms with Crippen molar-refractivity contribution in [1.82, 2.24) is 15.1 Å². The fourth-order valence-corrected chi connectivity index (χ4v) is 2.47. The first kappa shape index (κ1) is 12.7. The van der Waals surface area contributed by atoms with Crippen LogP contribution in [0.3, 0.4) is 0 Å². The summed E-state index contributed by atoms with van der Waals surface area (Å²) in [5.41, 5.74) is 4.83. The standard InChI is InChI=1S/C15H18ClN3/c1-10-15(9-18-19(10)2)14-6-3-12(16)7-11(14)8-17-13-4-5-13/h3,6-7,9,13,17H,4-5,8H2,1-2H3. The molecule has 0 atom stereocenters. The third-order valence-electron chi connectivity index (χ3n) is 3.75. The van der Waals surface area contributed by atoms with E-state index in [2.05, 4.69) is 29.5 Å². The number of nitrogens with zero attached hydrogens (tertiary/aromatic N) is 2. The molecule has 0 unspecified atom stereocenters. The number of aromatic nitrogens is 2. The smallest absolute Gasteiger partial charge is 0.0571 e. The summed E-state index contributed by atoms with van der Waals surface area (Å²) in [6.45, 7) is 2.96. The molecule has 4 heteroatoms. The molecule has 1 heterocycles. The van der Waals surface area contributed by atoms with Gasteiger partial charge in [0.15, 0.2) is 0 Å². The van der Waals surface area contributed by atoms with Crippen LogP contribution >= 0.6 is 11.6 Å². The Labute approximate surface area is 118 Å². The predicted molar refractivity (Wildman–Crippen MR) is 78.3 cm³/mol. The van der Waals surface area contributed by atoms with E-state index in [1.807, 2.05) is 24.0 Å². The Morgan fingerprint density at radius 3 is 2.79 bits per heavy atom. The summed E-state index contributed by atoms with van der Waals surface area (Å²) < 4.78 is 1.90. The Hall–Kier alpha value is -1.32. The summed E-state index contributed by atoms with van der Waals surface area (Å²) in [5, 5.41) is 8.67. The lowest BCUT2D eigenvalue weighted by atomic mass is 10.0. The van der Waals surface area contributed by atoms with E-state index in [0.717, 1.165) is 11.6 Å². The van der Waals surface area contributed by atoms with Crippen LogP contribution in [0.2, 0.25) is 5.02 Å². The van der Waals surface area contributed by atoms with Gasteiger partial charge in [0, 0.05) is 35.9 Å². The van der Waals surface area contributed by atoms with Gasteiger partial charge in [-0.3, -0.25) is 4.68 Å². The van der Waals surface area contributed by atoms with Gasteiger partial charge in [0.1, 0.15) is 0 Å². The van der Waals surface area contributed by atoms with Gasteiger partial charge in [-0.05, 0) is 43.0 Å². The highest BCUT2D eigenvalue weighted by molar-refractivity contribution is 6.30. The van der Waals surface area contributed by atoms with E-state index in [9.17, 15) is 0 Å². The van der Waals surface area contributed by atoms with E-state index < -0.39 is 0 Å². The molecule has 0 aliphatic heterocycles. The van der Waals surface area contributed by atoms with Crippen LogP contribution in [0.5, 0.6) is 0 Å². The summed E-state index contributed by atoms with van der Waals surface area (Å²) in [5.74, 6) is 0. The van der Waals surface area contributed by atoms with E-state index in [4.69, 9.17) is 11.6 Å². The first-order valence-electron chi connectivity index (χ1n) is 6.66. The zero-order valence-corrected chi connectivity index (χ0v) is 12.0. The van der Waals surface area contributed by atoms with Crippen molar-refractivity contribution < 1.29 is 0 Å². The molecular weight excluding hydrogens is 258 g/mol. The molecule has 0 radical (unpaired) electrons. The van der Waals surface area contributed by atoms with Gasteiger partial charge in [-0.1, -0.05) is 17.7 Å². The van der Waals surface area contributed by atoms with Gasteiger partial charge in [0.2, 0.25) is 0 Å². The Balaban J connectivity index is 1.96. The number of aryl methyl sites for hydroxylation is 1. The quantitative estimate of drug-likeness (QED) is 0.928. The molecule has 1 aromatic heterocycles. The van der Waals surface area contributed by atoms with E-state index in [1.54, 1.807) is 0 Å². The molecule has 0 bridgehead atoms. The van der Waals surface area contributed by atoms with Crippen molar-refractivity contribution in [3.63, 3.8) is 0 Å². The number of rotatable bonds is 4. The lowest BCUT2D eigenvalue weighted by Gasteiger charge is -2.11. The molecule has 3 rings (SSSR count). The second-order valence-corrected chi connectivity index (χ2v) is 5.66. The zero-order chi connectivity index (χ0) is 13.4. The summed E-state index contributed by atoms with van der Waals surface area (Å²) in [4.78, 5) is 0. The molecule has 1 aliphatic rings. The number of halogens is 1. The monoisotopic (exact) mass is 275 g/mol. The third-order valence-corrected chi connectivity index (χ3v) is 3.99. The normalized spacial score (nSPS) is 14.9. The van der Waals surface area contributed by atoms with E-state index in [1.165, 1.54) is 35.2 Å². The molecule has 2 aromatic rings. The summed E-state index contributed by atoms with van der Waals surface area (Å²) in [6.07, 6.45) is 4.52. The molecule has 1 saturated carbocycles. The maximum Gasteiger partial charge on any atom is 0.0571 e. The molecule has 19 heavy (non-hydrogen) atoms. The Morgan fingerprint density at radius 1 is 1.37 bits per heavy atom. The van der Waals surface area contributed by atoms with Crippen molar-refractivity contribution >= 4 is 11.6 Å². The van der Waals surface area contributed by atoms with Crippen molar-refractivity contribution in [2.75, 3.05) is 0 Å². The van der Waals surface area contributed by atoms with Crippen LogP contribution < -0.4 is 5.32 Å². The van der Waals surface area contributed by atoms with E-state index in [0.29, 0.717) is 6.04 Å². The first-order chi connectivity index (χ1) is 9.15. The molecule has 0 saturated heterocycles. The maximum atomic E-state index is 6.13. The molecule has 3 nitrogen and oxygen atoms in total. The molecule has 1 fully saturated rings. The minimum atomic E-state index is 0.696. The van der Waals surface area contributed by atoms with Crippen LogP contribution in [0.1, 0.15) is 24.1 Å². The fourth-order valence-electron chi connectivity index (χ4n) is 2.28. The molecule has 0 amide bonds. The lowest BCUT2D eigenvalue weighted by Crippen LogP contribution is -2.15. The van der Waals surface area contributed by atoms with E-state index in [-0.39, 0.29) is 0 Å². The highest BCUT2D eigenvalue weighted by Crippen LogP contribution is 2.29. The van der Waals surface area contributed by atoms with Crippen LogP contribution in [0.15, 0.2) is 24.4 Å². The largest absolute Gasteiger partial charge is 0.310 e. The summed E-state index contributed by atoms with van der Waals surface area (Å²) in [7, 11) is 1.97. The van der Waals surface area contributed by atoms with Crippen molar-refractivity contribution in [1.29, 1.82) is 0 Å². The van der Waals surface area contributed by atoms with Gasteiger partial charge < -0.3 is 5.32 Å². The molecule has 100 valence electrons. The lowest BCUT2D eigenvalue weighted by molar-refractivity contribution is 0.688. The molecule has 1 N–H and O–H groups in total. The van der Waals surface area contributed by atoms with Gasteiger partial charge in [-0.25, -0.2) is 0 Å². The first-order valence-corrected chi connectivity index (χ1v) is 7.03. The fraction of sp³-hybridized carbons (Fsp3) is 0.400. The zero-order valence-electron chi connectivity index (χ0n) is 11.3.